The molecular formula is C12H22O3. The van der Waals surface area contributed by atoms with Crippen LogP contribution in [0.1, 0.15) is 48.0 Å². The van der Waals surface area contributed by atoms with Crippen molar-refractivity contribution in [3.63, 3.8) is 0 Å². The fourth-order valence-corrected chi connectivity index (χ4v) is 1.26. The van der Waals surface area contributed by atoms with E-state index in [1.54, 1.807) is 34.6 Å². The van der Waals surface area contributed by atoms with Gasteiger partial charge in [-0.2, -0.15) is 0 Å². The van der Waals surface area contributed by atoms with Gasteiger partial charge >= 0.3 is 5.97 Å². The zero-order chi connectivity index (χ0) is 12.2. The summed E-state index contributed by atoms with van der Waals surface area (Å²) in [6, 6.07) is 0. The number of Topliss-reactive ketones (excluding diaryl/α,β-unsaturated/α-hetero) is 1. The van der Waals surface area contributed by atoms with E-state index < -0.39 is 17.5 Å². The topological polar surface area (TPSA) is 43.4 Å². The summed E-state index contributed by atoms with van der Waals surface area (Å²) in [4.78, 5) is 23.4. The molecule has 0 aromatic carbocycles. The number of hydrogen-bond donors (Lipinski definition) is 0. The van der Waals surface area contributed by atoms with Gasteiger partial charge in [-0.1, -0.05) is 20.8 Å². The van der Waals surface area contributed by atoms with E-state index in [0.29, 0.717) is 6.42 Å². The third-order valence-corrected chi connectivity index (χ3v) is 2.01. The summed E-state index contributed by atoms with van der Waals surface area (Å²) < 4.78 is 5.20. The molecule has 0 fully saturated rings. The van der Waals surface area contributed by atoms with Gasteiger partial charge in [-0.3, -0.25) is 9.59 Å². The molecule has 15 heavy (non-hydrogen) atoms. The first-order valence-corrected chi connectivity index (χ1v) is 5.45. The van der Waals surface area contributed by atoms with E-state index in [2.05, 4.69) is 0 Å². The average Bonchev–Trinajstić information content (AvgIpc) is 2.01. The van der Waals surface area contributed by atoms with E-state index in [1.165, 1.54) is 0 Å². The van der Waals surface area contributed by atoms with Crippen LogP contribution in [0.2, 0.25) is 0 Å². The van der Waals surface area contributed by atoms with Gasteiger partial charge in [-0.25, -0.2) is 0 Å². The summed E-state index contributed by atoms with van der Waals surface area (Å²) in [5.74, 6) is -1.16. The Hall–Kier alpha value is -0.860. The molecular weight excluding hydrogens is 192 g/mol. The minimum Gasteiger partial charge on any atom is -0.459 e. The first-order chi connectivity index (χ1) is 6.69. The minimum absolute atomic E-state index is 0.0354. The van der Waals surface area contributed by atoms with Gasteiger partial charge in [0.25, 0.3) is 0 Å². The summed E-state index contributed by atoms with van der Waals surface area (Å²) in [6.45, 7) is 10.8. The molecule has 0 heterocycles. The Bertz CT molecular complexity index is 236. The molecule has 1 atom stereocenters. The third kappa shape index (κ3) is 4.96. The smallest absolute Gasteiger partial charge is 0.316 e. The van der Waals surface area contributed by atoms with Gasteiger partial charge in [0, 0.05) is 5.92 Å². The Kier molecular flexibility index (Phi) is 4.98. The Labute approximate surface area is 92.2 Å². The summed E-state index contributed by atoms with van der Waals surface area (Å²) in [6.07, 6.45) is 0.506. The van der Waals surface area contributed by atoms with Gasteiger partial charge < -0.3 is 4.74 Å². The summed E-state index contributed by atoms with van der Waals surface area (Å²) in [5, 5.41) is 0. The molecule has 0 amide bonds. The number of carbonyl (C=O) groups excluding carboxylic acids is 2. The third-order valence-electron chi connectivity index (χ3n) is 2.01. The highest BCUT2D eigenvalue weighted by Crippen LogP contribution is 2.17. The van der Waals surface area contributed by atoms with Crippen LogP contribution in [0, 0.1) is 11.8 Å². The molecule has 0 saturated carbocycles. The van der Waals surface area contributed by atoms with Gasteiger partial charge in [0.2, 0.25) is 0 Å². The number of rotatable bonds is 4. The lowest BCUT2D eigenvalue weighted by molar-refractivity contribution is -0.162. The maximum atomic E-state index is 11.7. The SMILES string of the molecule is CCC(C(=O)OC(C)(C)C)C(=O)C(C)C. The number of carbonyl (C=O) groups is 2. The molecule has 0 bridgehead atoms. The van der Waals surface area contributed by atoms with E-state index in [1.807, 2.05) is 6.92 Å². The largest absolute Gasteiger partial charge is 0.459 e. The predicted octanol–water partition coefficient (Wildman–Crippen LogP) is 2.58. The zero-order valence-electron chi connectivity index (χ0n) is 10.6. The maximum absolute atomic E-state index is 11.7. The van der Waals surface area contributed by atoms with Crippen molar-refractivity contribution in [2.75, 3.05) is 0 Å². The maximum Gasteiger partial charge on any atom is 0.316 e. The Morgan fingerprint density at radius 2 is 1.67 bits per heavy atom. The molecule has 0 spiro atoms. The molecule has 0 saturated heterocycles. The molecule has 3 nitrogen and oxygen atoms in total. The second kappa shape index (κ2) is 5.29. The molecule has 0 aromatic heterocycles. The van der Waals surface area contributed by atoms with Gasteiger partial charge in [0.15, 0.2) is 0 Å². The summed E-state index contributed by atoms with van der Waals surface area (Å²) in [5.41, 5.74) is -0.526. The van der Waals surface area contributed by atoms with E-state index in [4.69, 9.17) is 4.74 Å². The van der Waals surface area contributed by atoms with Crippen LogP contribution in [0.4, 0.5) is 0 Å². The molecule has 0 aliphatic heterocycles. The van der Waals surface area contributed by atoms with Crippen molar-refractivity contribution < 1.29 is 14.3 Å². The Balaban J connectivity index is 4.56. The van der Waals surface area contributed by atoms with E-state index >= 15 is 0 Å². The fourth-order valence-electron chi connectivity index (χ4n) is 1.26. The molecule has 0 rings (SSSR count). The second-order valence-electron chi connectivity index (χ2n) is 5.05. The monoisotopic (exact) mass is 214 g/mol. The summed E-state index contributed by atoms with van der Waals surface area (Å²) >= 11 is 0. The van der Waals surface area contributed by atoms with Crippen LogP contribution in [0.5, 0.6) is 0 Å². The lowest BCUT2D eigenvalue weighted by Crippen LogP contribution is -2.34. The highest BCUT2D eigenvalue weighted by Gasteiger charge is 2.30. The van der Waals surface area contributed by atoms with E-state index in [0.717, 1.165) is 0 Å². The number of hydrogen-bond acceptors (Lipinski definition) is 3. The van der Waals surface area contributed by atoms with Crippen LogP contribution in [0.15, 0.2) is 0 Å². The quantitative estimate of drug-likeness (QED) is 0.533. The predicted molar refractivity (Wildman–Crippen MR) is 59.5 cm³/mol. The lowest BCUT2D eigenvalue weighted by atomic mass is 9.93. The van der Waals surface area contributed by atoms with Crippen molar-refractivity contribution in [2.45, 2.75) is 53.6 Å². The van der Waals surface area contributed by atoms with E-state index in [9.17, 15) is 9.59 Å². The van der Waals surface area contributed by atoms with Gasteiger partial charge in [-0.05, 0) is 27.2 Å². The Morgan fingerprint density at radius 3 is 1.93 bits per heavy atom. The summed E-state index contributed by atoms with van der Waals surface area (Å²) in [7, 11) is 0. The van der Waals surface area contributed by atoms with Gasteiger partial charge in [0.05, 0.1) is 0 Å². The van der Waals surface area contributed by atoms with Crippen LogP contribution < -0.4 is 0 Å². The normalized spacial score (nSPS) is 13.8. The highest BCUT2D eigenvalue weighted by molar-refractivity contribution is 5.99. The number of esters is 1. The molecule has 0 aliphatic carbocycles. The van der Waals surface area contributed by atoms with Crippen molar-refractivity contribution in [1.29, 1.82) is 0 Å². The molecule has 0 aliphatic rings. The number of ketones is 1. The number of ether oxygens (including phenoxy) is 1. The zero-order valence-corrected chi connectivity index (χ0v) is 10.6. The van der Waals surface area contributed by atoms with Crippen molar-refractivity contribution in [3.05, 3.63) is 0 Å². The highest BCUT2D eigenvalue weighted by atomic mass is 16.6. The van der Waals surface area contributed by atoms with E-state index in [-0.39, 0.29) is 11.7 Å². The molecule has 0 aromatic rings. The average molecular weight is 214 g/mol. The van der Waals surface area contributed by atoms with Crippen LogP contribution >= 0.6 is 0 Å². The molecule has 1 unspecified atom stereocenters. The lowest BCUT2D eigenvalue weighted by Gasteiger charge is -2.23. The molecule has 0 radical (unpaired) electrons. The Morgan fingerprint density at radius 1 is 1.20 bits per heavy atom. The van der Waals surface area contributed by atoms with Crippen molar-refractivity contribution in [2.24, 2.45) is 11.8 Å². The van der Waals surface area contributed by atoms with Crippen molar-refractivity contribution >= 4 is 11.8 Å². The van der Waals surface area contributed by atoms with Crippen molar-refractivity contribution in [3.8, 4) is 0 Å². The van der Waals surface area contributed by atoms with Crippen LogP contribution in [0.3, 0.4) is 0 Å². The molecule has 3 heteroatoms. The second-order valence-corrected chi connectivity index (χ2v) is 5.05. The van der Waals surface area contributed by atoms with Gasteiger partial charge in [0.1, 0.15) is 17.3 Å². The standard InChI is InChI=1S/C12H22O3/c1-7-9(10(13)8(2)3)11(14)15-12(4,5)6/h8-9H,7H2,1-6H3. The van der Waals surface area contributed by atoms with Gasteiger partial charge in [-0.15, -0.1) is 0 Å². The van der Waals surface area contributed by atoms with Crippen molar-refractivity contribution in [1.82, 2.24) is 0 Å². The van der Waals surface area contributed by atoms with Crippen LogP contribution in [-0.4, -0.2) is 17.4 Å². The van der Waals surface area contributed by atoms with Crippen LogP contribution in [-0.2, 0) is 14.3 Å². The minimum atomic E-state index is -0.607. The first-order valence-electron chi connectivity index (χ1n) is 5.45. The molecule has 0 N–H and O–H groups in total. The van der Waals surface area contributed by atoms with Crippen LogP contribution in [0.25, 0.3) is 0 Å². The fraction of sp³-hybridized carbons (Fsp3) is 0.833. The first kappa shape index (κ1) is 14.1. The molecule has 88 valence electrons.